The minimum absolute atomic E-state index is 0.135. The molecule has 2 aliphatic heterocycles. The molecule has 2 saturated heterocycles. The van der Waals surface area contributed by atoms with E-state index in [1.54, 1.807) is 72.8 Å². The highest BCUT2D eigenvalue weighted by atomic mass is 16.6. The van der Waals surface area contributed by atoms with Crippen molar-refractivity contribution in [3.63, 3.8) is 0 Å². The Balaban J connectivity index is 1.08. The second-order valence-electron chi connectivity index (χ2n) is 19.8. The minimum Gasteiger partial charge on any atom is -0.494 e. The third-order valence-corrected chi connectivity index (χ3v) is 13.0. The van der Waals surface area contributed by atoms with Crippen molar-refractivity contribution in [2.45, 2.75) is 129 Å². The first-order valence-electron chi connectivity index (χ1n) is 28.6. The molecule has 2 atom stereocenters. The molecule has 2 unspecified atom stereocenters. The van der Waals surface area contributed by atoms with Crippen molar-refractivity contribution in [3.8, 4) is 46.0 Å². The van der Waals surface area contributed by atoms with E-state index in [9.17, 15) is 19.2 Å². The number of esters is 4. The average Bonchev–Trinajstić information content (AvgIpc) is 4.44. The summed E-state index contributed by atoms with van der Waals surface area (Å²) in [7, 11) is 0. The molecule has 0 saturated carbocycles. The van der Waals surface area contributed by atoms with E-state index < -0.39 is 23.9 Å². The lowest BCUT2D eigenvalue weighted by Gasteiger charge is -2.16. The van der Waals surface area contributed by atoms with E-state index in [1.807, 2.05) is 0 Å². The number of benzene rings is 5. The van der Waals surface area contributed by atoms with Crippen molar-refractivity contribution in [2.24, 2.45) is 0 Å². The summed E-state index contributed by atoms with van der Waals surface area (Å²) < 4.78 is 69.0. The van der Waals surface area contributed by atoms with Crippen molar-refractivity contribution >= 4 is 23.9 Å². The molecule has 0 aliphatic carbocycles. The normalized spacial score (nSPS) is 14.2. The molecular formula is C64H78O16. The molecule has 2 fully saturated rings. The van der Waals surface area contributed by atoms with Gasteiger partial charge >= 0.3 is 23.9 Å². The second kappa shape index (κ2) is 34.2. The first kappa shape index (κ1) is 60.7. The standard InChI is InChI=1S/C64H78O16/c1-3-5-7-9-11-13-37-71-51-27-19-47(20-28-51)61(65)77-57-41-60(80-64(68)50-25-33-54(34-26-50)74-40-18-16-36-70-44-56-46-76-56)58(78-62(66)48-21-29-52(30-22-48)72-38-14-12-10-8-6-4-2)42-59(57)79-63(67)49-23-31-53(32-24-49)73-39-17-15-35-69-43-55-45-75-55/h19-34,41-42,55-56H,3-18,35-40,43-46H2,1-2H3. The van der Waals surface area contributed by atoms with Crippen LogP contribution < -0.4 is 37.9 Å². The summed E-state index contributed by atoms with van der Waals surface area (Å²) in [5.74, 6) is -2.34. The molecule has 0 radical (unpaired) electrons. The van der Waals surface area contributed by atoms with Crippen LogP contribution in [0.25, 0.3) is 0 Å². The predicted octanol–water partition coefficient (Wildman–Crippen LogP) is 13.2. The van der Waals surface area contributed by atoms with Gasteiger partial charge in [0.15, 0.2) is 23.0 Å². The van der Waals surface area contributed by atoms with Crippen LogP contribution in [-0.2, 0) is 18.9 Å². The Labute approximate surface area is 470 Å². The van der Waals surface area contributed by atoms with E-state index in [1.165, 1.54) is 74.9 Å². The number of ether oxygens (including phenoxy) is 12. The zero-order valence-corrected chi connectivity index (χ0v) is 46.5. The van der Waals surface area contributed by atoms with E-state index >= 15 is 0 Å². The highest BCUT2D eigenvalue weighted by molar-refractivity contribution is 5.96. The lowest BCUT2D eigenvalue weighted by atomic mass is 10.1. The Bertz CT molecular complexity index is 2440. The van der Waals surface area contributed by atoms with Crippen LogP contribution in [0.2, 0.25) is 0 Å². The largest absolute Gasteiger partial charge is 0.494 e. The summed E-state index contributed by atoms with van der Waals surface area (Å²) in [6, 6.07) is 28.0. The van der Waals surface area contributed by atoms with Gasteiger partial charge in [-0.25, -0.2) is 19.2 Å². The molecule has 5 aromatic carbocycles. The maximum absolute atomic E-state index is 14.0. The zero-order chi connectivity index (χ0) is 56.0. The maximum atomic E-state index is 14.0. The summed E-state index contributed by atoms with van der Waals surface area (Å²) in [6.07, 6.45) is 17.1. The lowest BCUT2D eigenvalue weighted by Crippen LogP contribution is -2.16. The molecule has 16 heteroatoms. The fourth-order valence-electron chi connectivity index (χ4n) is 8.12. The van der Waals surface area contributed by atoms with Gasteiger partial charge in [0.25, 0.3) is 0 Å². The minimum atomic E-state index is -0.838. The lowest BCUT2D eigenvalue weighted by molar-refractivity contribution is 0.0662. The van der Waals surface area contributed by atoms with Crippen molar-refractivity contribution in [2.75, 3.05) is 66.1 Å². The molecule has 7 rings (SSSR count). The van der Waals surface area contributed by atoms with Crippen LogP contribution >= 0.6 is 0 Å². The van der Waals surface area contributed by atoms with Crippen LogP contribution in [-0.4, -0.2) is 102 Å². The van der Waals surface area contributed by atoms with Crippen molar-refractivity contribution in [1.82, 2.24) is 0 Å². The highest BCUT2D eigenvalue weighted by Crippen LogP contribution is 2.42. The molecule has 16 nitrogen and oxygen atoms in total. The van der Waals surface area contributed by atoms with Gasteiger partial charge in [-0.1, -0.05) is 78.1 Å². The second-order valence-corrected chi connectivity index (χ2v) is 19.8. The topological polar surface area (TPSA) is 186 Å². The Morgan fingerprint density at radius 2 is 0.588 bits per heavy atom. The molecule has 0 spiro atoms. The summed E-state index contributed by atoms with van der Waals surface area (Å²) in [5.41, 5.74) is 0.571. The molecule has 0 amide bonds. The molecule has 2 heterocycles. The Hall–Kier alpha value is -6.98. The van der Waals surface area contributed by atoms with Gasteiger partial charge in [-0.3, -0.25) is 0 Å². The van der Waals surface area contributed by atoms with Crippen molar-refractivity contribution in [3.05, 3.63) is 131 Å². The molecule has 5 aromatic rings. The molecule has 0 bridgehead atoms. The number of carbonyl (C=O) groups excluding carboxylic acids is 4. The summed E-state index contributed by atoms with van der Waals surface area (Å²) in [4.78, 5) is 55.8. The van der Waals surface area contributed by atoms with Gasteiger partial charge in [-0.05, 0) is 136 Å². The van der Waals surface area contributed by atoms with Crippen LogP contribution in [0.5, 0.6) is 46.0 Å². The van der Waals surface area contributed by atoms with E-state index in [0.29, 0.717) is 75.9 Å². The number of epoxide rings is 2. The fraction of sp³-hybridized carbons (Fsp3) is 0.469. The van der Waals surface area contributed by atoms with E-state index in [0.717, 1.165) is 77.4 Å². The van der Waals surface area contributed by atoms with E-state index in [4.69, 9.17) is 56.8 Å². The third-order valence-electron chi connectivity index (χ3n) is 13.0. The van der Waals surface area contributed by atoms with Crippen LogP contribution in [0.3, 0.4) is 0 Å². The number of carbonyl (C=O) groups is 4. The van der Waals surface area contributed by atoms with Gasteiger partial charge in [0.2, 0.25) is 0 Å². The summed E-state index contributed by atoms with van der Waals surface area (Å²) >= 11 is 0. The Morgan fingerprint density at radius 1 is 0.350 bits per heavy atom. The first-order chi connectivity index (χ1) is 39.2. The number of rotatable bonds is 40. The Kier molecular flexibility index (Phi) is 26.0. The number of unbranched alkanes of at least 4 members (excludes halogenated alkanes) is 12. The molecule has 2 aliphatic rings. The number of hydrogen-bond donors (Lipinski definition) is 0. The van der Waals surface area contributed by atoms with Crippen LogP contribution in [0.1, 0.15) is 158 Å². The van der Waals surface area contributed by atoms with Crippen molar-refractivity contribution in [1.29, 1.82) is 0 Å². The van der Waals surface area contributed by atoms with Gasteiger partial charge in [0, 0.05) is 25.3 Å². The predicted molar refractivity (Wildman–Crippen MR) is 300 cm³/mol. The first-order valence-corrected chi connectivity index (χ1v) is 28.6. The van der Waals surface area contributed by atoms with Crippen molar-refractivity contribution < 1.29 is 76.0 Å². The van der Waals surface area contributed by atoms with Gasteiger partial charge in [0.1, 0.15) is 35.2 Å². The quantitative estimate of drug-likeness (QED) is 0.0156. The van der Waals surface area contributed by atoms with E-state index in [-0.39, 0.29) is 57.5 Å². The van der Waals surface area contributed by atoms with Gasteiger partial charge in [-0.15, -0.1) is 0 Å². The molecule has 80 heavy (non-hydrogen) atoms. The average molecular weight is 1100 g/mol. The maximum Gasteiger partial charge on any atom is 0.343 e. The van der Waals surface area contributed by atoms with Crippen LogP contribution in [0.15, 0.2) is 109 Å². The summed E-state index contributed by atoms with van der Waals surface area (Å²) in [5, 5.41) is 0. The zero-order valence-electron chi connectivity index (χ0n) is 46.5. The fourth-order valence-corrected chi connectivity index (χ4v) is 8.12. The molecule has 430 valence electrons. The number of hydrogen-bond acceptors (Lipinski definition) is 16. The van der Waals surface area contributed by atoms with Gasteiger partial charge < -0.3 is 56.8 Å². The summed E-state index contributed by atoms with van der Waals surface area (Å²) in [6.45, 7) is 10.3. The van der Waals surface area contributed by atoms with Gasteiger partial charge in [0.05, 0.1) is 75.1 Å². The van der Waals surface area contributed by atoms with E-state index in [2.05, 4.69) is 13.8 Å². The smallest absolute Gasteiger partial charge is 0.343 e. The van der Waals surface area contributed by atoms with Gasteiger partial charge in [-0.2, -0.15) is 0 Å². The SMILES string of the molecule is CCCCCCCCOc1ccc(C(=O)Oc2cc(OC(=O)c3ccc(OCCCCOCC4CO4)cc3)c(OC(=O)c3ccc(OCCCCCCCC)cc3)cc2OC(=O)c2ccc(OCCCCOCC3CO3)cc2)cc1. The monoisotopic (exact) mass is 1100 g/mol. The molecule has 0 N–H and O–H groups in total. The van der Waals surface area contributed by atoms with Crippen LogP contribution in [0, 0.1) is 0 Å². The Morgan fingerprint density at radius 3 is 0.850 bits per heavy atom. The third kappa shape index (κ3) is 22.3. The molecular weight excluding hydrogens is 1020 g/mol. The highest BCUT2D eigenvalue weighted by Gasteiger charge is 2.26. The molecule has 0 aromatic heterocycles. The van der Waals surface area contributed by atoms with Crippen LogP contribution in [0.4, 0.5) is 0 Å².